The van der Waals surface area contributed by atoms with Gasteiger partial charge in [-0.25, -0.2) is 13.8 Å². The molecule has 230 valence electrons. The first kappa shape index (κ1) is 28.4. The molecule has 4 fully saturated rings. The molecule has 10 nitrogen and oxygen atoms in total. The van der Waals surface area contributed by atoms with Crippen molar-refractivity contribution in [3.63, 3.8) is 0 Å². The van der Waals surface area contributed by atoms with E-state index in [1.807, 2.05) is 4.90 Å². The third-order valence-corrected chi connectivity index (χ3v) is 9.57. The van der Waals surface area contributed by atoms with E-state index in [-0.39, 0.29) is 23.9 Å². The van der Waals surface area contributed by atoms with Crippen LogP contribution in [0.2, 0.25) is 0 Å². The average Bonchev–Trinajstić information content (AvgIpc) is 3.76. The Kier molecular flexibility index (Phi) is 8.13. The molecular formula is C31H39F2N7O3. The molecule has 3 aliphatic carbocycles. The molecule has 2 aromatic heterocycles. The number of hydrogen-bond donors (Lipinski definition) is 2. The minimum Gasteiger partial charge on any atom is -0.474 e. The normalized spacial score (nSPS) is 27.2. The number of carbonyl (C=O) groups excluding carboxylic acids is 1. The van der Waals surface area contributed by atoms with Gasteiger partial charge in [0, 0.05) is 31.2 Å². The Hall–Kier alpha value is -3.38. The molecule has 3 heterocycles. The first-order valence-electron chi connectivity index (χ1n) is 15.7. The van der Waals surface area contributed by atoms with Crippen molar-refractivity contribution in [1.29, 1.82) is 0 Å². The van der Waals surface area contributed by atoms with Gasteiger partial charge in [0.2, 0.25) is 17.7 Å². The Bertz CT molecular complexity index is 1440. The number of imidazole rings is 1. The number of nitrogens with one attached hydrogen (secondary N) is 2. The summed E-state index contributed by atoms with van der Waals surface area (Å²) in [6.45, 7) is 2.63. The van der Waals surface area contributed by atoms with Crippen molar-refractivity contribution in [1.82, 2.24) is 30.2 Å². The summed E-state index contributed by atoms with van der Waals surface area (Å²) in [4.78, 5) is 28.2. The van der Waals surface area contributed by atoms with Crippen LogP contribution in [0.3, 0.4) is 0 Å². The minimum absolute atomic E-state index is 0.0603. The molecule has 2 N–H and O–H groups in total. The third kappa shape index (κ3) is 6.17. The molecule has 1 aromatic carbocycles. The van der Waals surface area contributed by atoms with Gasteiger partial charge in [-0.2, -0.15) is 9.97 Å². The van der Waals surface area contributed by atoms with Crippen LogP contribution in [0, 0.1) is 11.8 Å². The van der Waals surface area contributed by atoms with Crippen molar-refractivity contribution in [3.8, 4) is 11.7 Å². The molecule has 43 heavy (non-hydrogen) atoms. The zero-order valence-corrected chi connectivity index (χ0v) is 24.3. The second kappa shape index (κ2) is 12.3. The van der Waals surface area contributed by atoms with Gasteiger partial charge in [-0.15, -0.1) is 0 Å². The van der Waals surface area contributed by atoms with Crippen LogP contribution in [0.4, 0.5) is 14.7 Å². The lowest BCUT2D eigenvalue weighted by Gasteiger charge is -2.30. The minimum atomic E-state index is -2.78. The highest BCUT2D eigenvalue weighted by molar-refractivity contribution is 5.78. The molecule has 0 radical (unpaired) electrons. The van der Waals surface area contributed by atoms with Gasteiger partial charge in [0.15, 0.2) is 5.82 Å². The molecule has 1 amide bonds. The molecule has 0 spiro atoms. The number of aromatic nitrogens is 4. The number of para-hydroxylation sites is 2. The van der Waals surface area contributed by atoms with Gasteiger partial charge in [-0.1, -0.05) is 18.6 Å². The topological polar surface area (TPSA) is 106 Å². The number of carbonyl (C=O) groups is 1. The lowest BCUT2D eigenvalue weighted by Crippen LogP contribution is -2.46. The highest BCUT2D eigenvalue weighted by Gasteiger charge is 2.39. The van der Waals surface area contributed by atoms with Crippen LogP contribution in [0.5, 0.6) is 5.88 Å². The summed E-state index contributed by atoms with van der Waals surface area (Å²) >= 11 is 0. The van der Waals surface area contributed by atoms with Crippen molar-refractivity contribution < 1.29 is 23.0 Å². The van der Waals surface area contributed by atoms with Crippen LogP contribution in [0.1, 0.15) is 63.6 Å². The average molecular weight is 596 g/mol. The van der Waals surface area contributed by atoms with Crippen molar-refractivity contribution in [2.24, 2.45) is 11.8 Å². The van der Waals surface area contributed by atoms with E-state index in [9.17, 15) is 13.6 Å². The Morgan fingerprint density at radius 1 is 1.02 bits per heavy atom. The first-order valence-corrected chi connectivity index (χ1v) is 15.7. The number of anilines is 1. The van der Waals surface area contributed by atoms with Crippen LogP contribution >= 0.6 is 0 Å². The zero-order valence-electron chi connectivity index (χ0n) is 24.3. The number of amides is 1. The molecule has 7 rings (SSSR count). The Labute approximate surface area is 249 Å². The van der Waals surface area contributed by atoms with E-state index in [1.165, 1.54) is 30.3 Å². The largest absolute Gasteiger partial charge is 0.474 e. The van der Waals surface area contributed by atoms with E-state index in [0.717, 1.165) is 37.5 Å². The van der Waals surface area contributed by atoms with Crippen LogP contribution < -0.4 is 20.3 Å². The SMILES string of the molecule is O=C(CN[C@H]1C[C@H]2CC[C@@H]1C2)NC1CCC(Oc2cc(-n3c(C(F)F)nc4ccccc43)nc(N3CCOCC3)n2)CC1. The fourth-order valence-electron chi connectivity index (χ4n) is 7.41. The molecule has 0 unspecified atom stereocenters. The fraction of sp³-hybridized carbons (Fsp3) is 0.613. The van der Waals surface area contributed by atoms with Gasteiger partial charge in [-0.3, -0.25) is 9.36 Å². The lowest BCUT2D eigenvalue weighted by atomic mass is 9.93. The van der Waals surface area contributed by atoms with Crippen LogP contribution in [-0.4, -0.2) is 76.5 Å². The third-order valence-electron chi connectivity index (χ3n) is 9.57. The van der Waals surface area contributed by atoms with E-state index in [1.54, 1.807) is 30.3 Å². The van der Waals surface area contributed by atoms with E-state index in [0.29, 0.717) is 67.6 Å². The van der Waals surface area contributed by atoms with E-state index in [4.69, 9.17) is 19.4 Å². The number of alkyl halides is 2. The molecule has 1 aliphatic heterocycles. The fourth-order valence-corrected chi connectivity index (χ4v) is 7.41. The van der Waals surface area contributed by atoms with Gasteiger partial charge in [0.25, 0.3) is 6.43 Å². The maximum Gasteiger partial charge on any atom is 0.296 e. The second-order valence-electron chi connectivity index (χ2n) is 12.4. The molecule has 3 aromatic rings. The van der Waals surface area contributed by atoms with E-state index in [2.05, 4.69) is 15.6 Å². The number of hydrogen-bond acceptors (Lipinski definition) is 8. The van der Waals surface area contributed by atoms with E-state index < -0.39 is 6.43 Å². The smallest absolute Gasteiger partial charge is 0.296 e. The summed E-state index contributed by atoms with van der Waals surface area (Å²) < 4.78 is 41.6. The number of ether oxygens (including phenoxy) is 2. The maximum atomic E-state index is 14.2. The van der Waals surface area contributed by atoms with Gasteiger partial charge in [0.1, 0.15) is 11.9 Å². The Morgan fingerprint density at radius 2 is 1.84 bits per heavy atom. The highest BCUT2D eigenvalue weighted by atomic mass is 19.3. The molecule has 12 heteroatoms. The van der Waals surface area contributed by atoms with Crippen LogP contribution in [0.15, 0.2) is 30.3 Å². The number of morpholine rings is 1. The first-order chi connectivity index (χ1) is 21.0. The molecule has 1 saturated heterocycles. The van der Waals surface area contributed by atoms with Crippen molar-refractivity contribution >= 4 is 22.9 Å². The second-order valence-corrected chi connectivity index (χ2v) is 12.4. The molecule has 3 saturated carbocycles. The lowest BCUT2D eigenvalue weighted by molar-refractivity contribution is -0.121. The summed E-state index contributed by atoms with van der Waals surface area (Å²) in [6, 6.07) is 9.27. The monoisotopic (exact) mass is 595 g/mol. The Morgan fingerprint density at radius 3 is 2.58 bits per heavy atom. The van der Waals surface area contributed by atoms with Gasteiger partial charge in [-0.05, 0) is 68.9 Å². The number of rotatable bonds is 9. The van der Waals surface area contributed by atoms with Crippen molar-refractivity contribution in [2.75, 3.05) is 37.7 Å². The molecule has 4 aliphatic rings. The summed E-state index contributed by atoms with van der Waals surface area (Å²) in [6.07, 6.45) is 5.41. The Balaban J connectivity index is 1.03. The quantitative estimate of drug-likeness (QED) is 0.380. The number of halogens is 2. The summed E-state index contributed by atoms with van der Waals surface area (Å²) in [5, 5.41) is 6.70. The zero-order chi connectivity index (χ0) is 29.3. The maximum absolute atomic E-state index is 14.2. The summed E-state index contributed by atoms with van der Waals surface area (Å²) in [5.41, 5.74) is 1.01. The van der Waals surface area contributed by atoms with Gasteiger partial charge in [0.05, 0.1) is 30.8 Å². The van der Waals surface area contributed by atoms with Crippen molar-refractivity contribution in [3.05, 3.63) is 36.2 Å². The molecule has 2 bridgehead atoms. The highest BCUT2D eigenvalue weighted by Crippen LogP contribution is 2.44. The van der Waals surface area contributed by atoms with Crippen LogP contribution in [-0.2, 0) is 9.53 Å². The standard InChI is InChI=1S/C31H39F2N7O3/c32-29(33)30-36-23-3-1-2-4-25(23)40(30)26-17-28(38-31(37-26)39-11-13-42-14-12-39)43-22-9-7-21(8-10-22)35-27(41)18-34-24-16-19-5-6-20(24)15-19/h1-4,17,19-22,24,29,34H,5-16,18H2,(H,35,41)/t19-,20+,21?,22?,24-/m0/s1. The van der Waals surface area contributed by atoms with Crippen molar-refractivity contribution in [2.45, 2.75) is 76.0 Å². The number of nitrogens with zero attached hydrogens (tertiary/aromatic N) is 5. The predicted octanol–water partition coefficient (Wildman–Crippen LogP) is 4.17. The summed E-state index contributed by atoms with van der Waals surface area (Å²) in [5.74, 6) is 2.33. The number of fused-ring (bicyclic) bond motifs is 3. The number of benzene rings is 1. The summed E-state index contributed by atoms with van der Waals surface area (Å²) in [7, 11) is 0. The van der Waals surface area contributed by atoms with Gasteiger partial charge >= 0.3 is 0 Å². The van der Waals surface area contributed by atoms with E-state index >= 15 is 0 Å². The predicted molar refractivity (Wildman–Crippen MR) is 157 cm³/mol. The molecular weight excluding hydrogens is 556 g/mol. The van der Waals surface area contributed by atoms with Gasteiger partial charge < -0.3 is 25.0 Å². The van der Waals surface area contributed by atoms with Crippen LogP contribution in [0.25, 0.3) is 16.9 Å². The molecule has 3 atom stereocenters.